The van der Waals surface area contributed by atoms with E-state index >= 15 is 0 Å². The quantitative estimate of drug-likeness (QED) is 0.752. The Kier molecular flexibility index (Phi) is 4.19. The van der Waals surface area contributed by atoms with E-state index in [9.17, 15) is 4.79 Å². The largest absolute Gasteiger partial charge is 0.372 e. The number of anilines is 1. The molecule has 96 valence electrons. The van der Waals surface area contributed by atoms with Crippen molar-refractivity contribution in [2.24, 2.45) is 0 Å². The van der Waals surface area contributed by atoms with Crippen molar-refractivity contribution in [3.05, 3.63) is 35.4 Å². The van der Waals surface area contributed by atoms with Crippen LogP contribution in [0.3, 0.4) is 0 Å². The predicted molar refractivity (Wildman–Crippen MR) is 76.8 cm³/mol. The average Bonchev–Trinajstić information content (AvgIpc) is 2.79. The second-order valence-electron chi connectivity index (χ2n) is 4.71. The summed E-state index contributed by atoms with van der Waals surface area (Å²) in [5.74, 6) is 0.322. The van der Waals surface area contributed by atoms with Crippen LogP contribution in [0.1, 0.15) is 38.7 Å². The van der Waals surface area contributed by atoms with Gasteiger partial charge in [0.1, 0.15) is 0 Å². The van der Waals surface area contributed by atoms with Gasteiger partial charge in [0.2, 0.25) is 0 Å². The van der Waals surface area contributed by atoms with Gasteiger partial charge in [-0.15, -0.1) is 0 Å². The maximum atomic E-state index is 11.6. The Hall–Kier alpha value is -1.57. The van der Waals surface area contributed by atoms with Gasteiger partial charge in [-0.2, -0.15) is 0 Å². The maximum absolute atomic E-state index is 11.6. The minimum atomic E-state index is 0.322. The van der Waals surface area contributed by atoms with Gasteiger partial charge in [-0.3, -0.25) is 4.79 Å². The highest BCUT2D eigenvalue weighted by Crippen LogP contribution is 2.24. The fourth-order valence-electron chi connectivity index (χ4n) is 2.46. The van der Waals surface area contributed by atoms with Crippen molar-refractivity contribution in [1.29, 1.82) is 0 Å². The molecule has 2 rings (SSSR count). The zero-order chi connectivity index (χ0) is 13.0. The van der Waals surface area contributed by atoms with E-state index in [1.165, 1.54) is 5.69 Å². The molecule has 1 aliphatic carbocycles. The number of rotatable bonds is 4. The first-order valence-corrected chi connectivity index (χ1v) is 6.83. The highest BCUT2D eigenvalue weighted by molar-refractivity contribution is 6.01. The summed E-state index contributed by atoms with van der Waals surface area (Å²) in [4.78, 5) is 13.9. The first-order chi connectivity index (χ1) is 8.74. The molecule has 2 heteroatoms. The second kappa shape index (κ2) is 5.85. The van der Waals surface area contributed by atoms with E-state index in [1.54, 1.807) is 0 Å². The zero-order valence-corrected chi connectivity index (χ0v) is 11.3. The van der Waals surface area contributed by atoms with E-state index < -0.39 is 0 Å². The maximum Gasteiger partial charge on any atom is 0.158 e. The summed E-state index contributed by atoms with van der Waals surface area (Å²) in [6, 6.07) is 8.48. The first kappa shape index (κ1) is 12.9. The Morgan fingerprint density at radius 3 is 2.28 bits per heavy atom. The van der Waals surface area contributed by atoms with Crippen LogP contribution in [0.15, 0.2) is 29.8 Å². The minimum absolute atomic E-state index is 0.322. The molecule has 0 unspecified atom stereocenters. The van der Waals surface area contributed by atoms with Crippen LogP contribution in [0.2, 0.25) is 0 Å². The summed E-state index contributed by atoms with van der Waals surface area (Å²) < 4.78 is 0. The number of Topliss-reactive ketones (excluding diaryl/α,β-unsaturated/α-hetero) is 1. The number of ketones is 1. The molecule has 1 fully saturated rings. The molecular weight excluding hydrogens is 222 g/mol. The molecule has 0 aromatic heterocycles. The summed E-state index contributed by atoms with van der Waals surface area (Å²) in [5, 5.41) is 0. The molecule has 0 radical (unpaired) electrons. The SMILES string of the molecule is CCN(CC)c1ccc(/C=C2\CCCC2=O)cc1. The fourth-order valence-corrected chi connectivity index (χ4v) is 2.46. The molecule has 1 saturated carbocycles. The number of allylic oxidation sites excluding steroid dienone is 1. The summed E-state index contributed by atoms with van der Waals surface area (Å²) >= 11 is 0. The molecule has 0 aliphatic heterocycles. The van der Waals surface area contributed by atoms with Crippen molar-refractivity contribution in [2.75, 3.05) is 18.0 Å². The van der Waals surface area contributed by atoms with E-state index in [4.69, 9.17) is 0 Å². The molecule has 0 N–H and O–H groups in total. The third-order valence-electron chi connectivity index (χ3n) is 3.57. The Morgan fingerprint density at radius 2 is 1.78 bits per heavy atom. The lowest BCUT2D eigenvalue weighted by Crippen LogP contribution is -2.21. The minimum Gasteiger partial charge on any atom is -0.372 e. The van der Waals surface area contributed by atoms with Crippen molar-refractivity contribution in [1.82, 2.24) is 0 Å². The van der Waals surface area contributed by atoms with Crippen LogP contribution in [-0.4, -0.2) is 18.9 Å². The van der Waals surface area contributed by atoms with Gasteiger partial charge >= 0.3 is 0 Å². The second-order valence-corrected chi connectivity index (χ2v) is 4.71. The molecule has 0 heterocycles. The Balaban J connectivity index is 2.15. The van der Waals surface area contributed by atoms with Crippen molar-refractivity contribution in [2.45, 2.75) is 33.1 Å². The fraction of sp³-hybridized carbons (Fsp3) is 0.438. The van der Waals surface area contributed by atoms with Gasteiger partial charge in [-0.05, 0) is 56.0 Å². The van der Waals surface area contributed by atoms with E-state index in [0.717, 1.165) is 43.5 Å². The van der Waals surface area contributed by atoms with Crippen LogP contribution in [-0.2, 0) is 4.79 Å². The van der Waals surface area contributed by atoms with Gasteiger partial charge < -0.3 is 4.90 Å². The van der Waals surface area contributed by atoms with E-state index in [-0.39, 0.29) is 0 Å². The molecule has 0 amide bonds. The van der Waals surface area contributed by atoms with Crippen LogP contribution >= 0.6 is 0 Å². The van der Waals surface area contributed by atoms with Gasteiger partial charge in [0, 0.05) is 25.2 Å². The zero-order valence-electron chi connectivity index (χ0n) is 11.3. The molecule has 1 aliphatic rings. The molecule has 2 nitrogen and oxygen atoms in total. The van der Waals surface area contributed by atoms with E-state index in [0.29, 0.717) is 5.78 Å². The number of nitrogens with zero attached hydrogens (tertiary/aromatic N) is 1. The first-order valence-electron chi connectivity index (χ1n) is 6.83. The third kappa shape index (κ3) is 2.81. The van der Waals surface area contributed by atoms with Crippen molar-refractivity contribution >= 4 is 17.5 Å². The standard InChI is InChI=1S/C16H21NO/c1-3-17(4-2)15-10-8-13(9-11-15)12-14-6-5-7-16(14)18/h8-12H,3-7H2,1-2H3/b14-12+. The number of carbonyl (C=O) groups is 1. The van der Waals surface area contributed by atoms with Gasteiger partial charge in [0.05, 0.1) is 0 Å². The lowest BCUT2D eigenvalue weighted by Gasteiger charge is -2.20. The molecule has 0 spiro atoms. The Morgan fingerprint density at radius 1 is 1.11 bits per heavy atom. The van der Waals surface area contributed by atoms with Crippen LogP contribution in [0.5, 0.6) is 0 Å². The van der Waals surface area contributed by atoms with Crippen LogP contribution in [0.25, 0.3) is 6.08 Å². The third-order valence-corrected chi connectivity index (χ3v) is 3.57. The molecule has 0 bridgehead atoms. The number of hydrogen-bond acceptors (Lipinski definition) is 2. The van der Waals surface area contributed by atoms with Crippen LogP contribution in [0, 0.1) is 0 Å². The van der Waals surface area contributed by atoms with Crippen molar-refractivity contribution in [3.63, 3.8) is 0 Å². The summed E-state index contributed by atoms with van der Waals surface area (Å²) in [6.07, 6.45) is 4.73. The molecule has 1 aromatic carbocycles. The Labute approximate surface area is 109 Å². The lowest BCUT2D eigenvalue weighted by atomic mass is 10.1. The number of hydrogen-bond donors (Lipinski definition) is 0. The molecule has 1 aromatic rings. The molecule has 0 atom stereocenters. The topological polar surface area (TPSA) is 20.3 Å². The van der Waals surface area contributed by atoms with Crippen LogP contribution < -0.4 is 4.90 Å². The summed E-state index contributed by atoms with van der Waals surface area (Å²) in [5.41, 5.74) is 3.38. The Bertz CT molecular complexity index is 441. The van der Waals surface area contributed by atoms with Crippen molar-refractivity contribution < 1.29 is 4.79 Å². The lowest BCUT2D eigenvalue weighted by molar-refractivity contribution is -0.114. The van der Waals surface area contributed by atoms with E-state index in [2.05, 4.69) is 43.0 Å². The number of carbonyl (C=O) groups excluding carboxylic acids is 1. The molecule has 18 heavy (non-hydrogen) atoms. The van der Waals surface area contributed by atoms with Crippen LogP contribution in [0.4, 0.5) is 5.69 Å². The highest BCUT2D eigenvalue weighted by Gasteiger charge is 2.16. The van der Waals surface area contributed by atoms with Gasteiger partial charge in [0.15, 0.2) is 5.78 Å². The van der Waals surface area contributed by atoms with E-state index in [1.807, 2.05) is 6.08 Å². The summed E-state index contributed by atoms with van der Waals surface area (Å²) in [6.45, 7) is 6.37. The average molecular weight is 243 g/mol. The summed E-state index contributed by atoms with van der Waals surface area (Å²) in [7, 11) is 0. The normalized spacial score (nSPS) is 17.4. The van der Waals surface area contributed by atoms with Crippen molar-refractivity contribution in [3.8, 4) is 0 Å². The highest BCUT2D eigenvalue weighted by atomic mass is 16.1. The number of benzene rings is 1. The molecule has 0 saturated heterocycles. The smallest absolute Gasteiger partial charge is 0.158 e. The molecular formula is C16H21NO. The van der Waals surface area contributed by atoms with Gasteiger partial charge in [0.25, 0.3) is 0 Å². The van der Waals surface area contributed by atoms with Gasteiger partial charge in [-0.1, -0.05) is 12.1 Å². The van der Waals surface area contributed by atoms with Gasteiger partial charge in [-0.25, -0.2) is 0 Å². The predicted octanol–water partition coefficient (Wildman–Crippen LogP) is 3.67. The monoisotopic (exact) mass is 243 g/mol.